The molecular formula is C20H27N5O3. The predicted molar refractivity (Wildman–Crippen MR) is 106 cm³/mol. The molecule has 0 radical (unpaired) electrons. The lowest BCUT2D eigenvalue weighted by atomic mass is 10.1. The van der Waals surface area contributed by atoms with E-state index < -0.39 is 0 Å². The highest BCUT2D eigenvalue weighted by atomic mass is 16.5. The van der Waals surface area contributed by atoms with Gasteiger partial charge in [-0.2, -0.15) is 4.98 Å². The van der Waals surface area contributed by atoms with Crippen LogP contribution in [0.1, 0.15) is 27.4 Å². The van der Waals surface area contributed by atoms with E-state index in [-0.39, 0.29) is 5.91 Å². The van der Waals surface area contributed by atoms with Gasteiger partial charge in [0, 0.05) is 52.3 Å². The number of hydrogen-bond acceptors (Lipinski definition) is 7. The second-order valence-corrected chi connectivity index (χ2v) is 7.45. The molecule has 8 nitrogen and oxygen atoms in total. The maximum atomic E-state index is 12.9. The predicted octanol–water partition coefficient (Wildman–Crippen LogP) is 1.52. The van der Waals surface area contributed by atoms with Gasteiger partial charge < -0.3 is 23.9 Å². The van der Waals surface area contributed by atoms with Crippen molar-refractivity contribution in [2.45, 2.75) is 19.8 Å². The van der Waals surface area contributed by atoms with Crippen LogP contribution in [0.4, 0.5) is 11.8 Å². The number of anilines is 2. The zero-order valence-electron chi connectivity index (χ0n) is 16.8. The molecule has 8 heteroatoms. The van der Waals surface area contributed by atoms with Crippen molar-refractivity contribution in [2.24, 2.45) is 0 Å². The molecule has 0 unspecified atom stereocenters. The third kappa shape index (κ3) is 3.56. The van der Waals surface area contributed by atoms with Gasteiger partial charge in [0.15, 0.2) is 0 Å². The Morgan fingerprint density at radius 2 is 1.86 bits per heavy atom. The lowest BCUT2D eigenvalue weighted by Crippen LogP contribution is -2.38. The van der Waals surface area contributed by atoms with Gasteiger partial charge in [-0.3, -0.25) is 4.79 Å². The van der Waals surface area contributed by atoms with E-state index in [9.17, 15) is 4.79 Å². The number of carbonyl (C=O) groups excluding carboxylic acids is 1. The third-order valence-electron chi connectivity index (χ3n) is 5.40. The molecule has 0 spiro atoms. The number of morpholine rings is 1. The van der Waals surface area contributed by atoms with Gasteiger partial charge >= 0.3 is 0 Å². The number of ether oxygens (including phenoxy) is 1. The summed E-state index contributed by atoms with van der Waals surface area (Å²) >= 11 is 0. The number of furan rings is 1. The number of nitrogens with zero attached hydrogens (tertiary/aromatic N) is 5. The number of carbonyl (C=O) groups is 1. The summed E-state index contributed by atoms with van der Waals surface area (Å²) in [6.07, 6.45) is 3.03. The lowest BCUT2D eigenvalue weighted by molar-refractivity contribution is 0.0761. The Hall–Kier alpha value is -2.61. The number of amides is 1. The van der Waals surface area contributed by atoms with Gasteiger partial charge in [-0.1, -0.05) is 0 Å². The topological polar surface area (TPSA) is 74.9 Å². The first-order chi connectivity index (χ1) is 13.5. The van der Waals surface area contributed by atoms with Crippen molar-refractivity contribution in [3.05, 3.63) is 34.9 Å². The van der Waals surface area contributed by atoms with Crippen molar-refractivity contribution in [3.63, 3.8) is 0 Å². The Balaban J connectivity index is 1.61. The van der Waals surface area contributed by atoms with Crippen molar-refractivity contribution < 1.29 is 13.9 Å². The standard InChI is InChI=1S/C20H27N5O3/c1-14-15(6-11-28-14)19(26)24-7-4-16-17(5-8-24)21-20(22-18(16)23(2)3)25-9-12-27-13-10-25/h6,11H,4-5,7-10,12-13H2,1-3H3. The van der Waals surface area contributed by atoms with E-state index in [0.717, 1.165) is 49.0 Å². The van der Waals surface area contributed by atoms with Gasteiger partial charge in [0.1, 0.15) is 11.6 Å². The van der Waals surface area contributed by atoms with Gasteiger partial charge in [-0.25, -0.2) is 4.98 Å². The summed E-state index contributed by atoms with van der Waals surface area (Å²) in [5.41, 5.74) is 2.82. The van der Waals surface area contributed by atoms with Crippen LogP contribution in [0.5, 0.6) is 0 Å². The lowest BCUT2D eigenvalue weighted by Gasteiger charge is -2.28. The average molecular weight is 385 g/mol. The Morgan fingerprint density at radius 1 is 1.11 bits per heavy atom. The van der Waals surface area contributed by atoms with Crippen molar-refractivity contribution >= 4 is 17.7 Å². The SMILES string of the molecule is Cc1occc1C(=O)N1CCc2nc(N3CCOCC3)nc(N(C)C)c2CC1. The fourth-order valence-electron chi connectivity index (χ4n) is 3.82. The zero-order chi connectivity index (χ0) is 19.7. The maximum absolute atomic E-state index is 12.9. The first kappa shape index (κ1) is 18.7. The average Bonchev–Trinajstić information content (AvgIpc) is 3.02. The highest BCUT2D eigenvalue weighted by molar-refractivity contribution is 5.95. The van der Waals surface area contributed by atoms with Gasteiger partial charge in [0.25, 0.3) is 5.91 Å². The minimum Gasteiger partial charge on any atom is -0.469 e. The first-order valence-electron chi connectivity index (χ1n) is 9.78. The monoisotopic (exact) mass is 385 g/mol. The second kappa shape index (κ2) is 7.79. The number of aromatic nitrogens is 2. The summed E-state index contributed by atoms with van der Waals surface area (Å²) in [6, 6.07) is 1.75. The molecule has 0 saturated carbocycles. The molecule has 2 aliphatic rings. The minimum absolute atomic E-state index is 0.0202. The first-order valence-corrected chi connectivity index (χ1v) is 9.78. The smallest absolute Gasteiger partial charge is 0.257 e. The van der Waals surface area contributed by atoms with Crippen molar-refractivity contribution in [3.8, 4) is 0 Å². The molecule has 1 saturated heterocycles. The van der Waals surface area contributed by atoms with E-state index in [1.807, 2.05) is 30.8 Å². The number of hydrogen-bond donors (Lipinski definition) is 0. The molecule has 0 atom stereocenters. The highest BCUT2D eigenvalue weighted by Gasteiger charge is 2.26. The van der Waals surface area contributed by atoms with Crippen molar-refractivity contribution in [2.75, 3.05) is 63.3 Å². The van der Waals surface area contributed by atoms with Crippen LogP contribution in [0, 0.1) is 6.92 Å². The highest BCUT2D eigenvalue weighted by Crippen LogP contribution is 2.27. The van der Waals surface area contributed by atoms with Crippen LogP contribution in [0.2, 0.25) is 0 Å². The minimum atomic E-state index is 0.0202. The van der Waals surface area contributed by atoms with Gasteiger partial charge in [-0.15, -0.1) is 0 Å². The molecule has 0 N–H and O–H groups in total. The molecule has 4 rings (SSSR count). The molecule has 0 bridgehead atoms. The normalized spacial score (nSPS) is 17.2. The number of fused-ring (bicyclic) bond motifs is 1. The molecule has 2 aromatic rings. The Kier molecular flexibility index (Phi) is 5.21. The van der Waals surface area contributed by atoms with E-state index in [1.165, 1.54) is 0 Å². The second-order valence-electron chi connectivity index (χ2n) is 7.45. The molecule has 0 aliphatic carbocycles. The maximum Gasteiger partial charge on any atom is 0.257 e. The van der Waals surface area contributed by atoms with E-state index in [0.29, 0.717) is 37.6 Å². The largest absolute Gasteiger partial charge is 0.469 e. The summed E-state index contributed by atoms with van der Waals surface area (Å²) in [6.45, 7) is 6.12. The van der Waals surface area contributed by atoms with Gasteiger partial charge in [0.05, 0.1) is 30.7 Å². The third-order valence-corrected chi connectivity index (χ3v) is 5.40. The summed E-state index contributed by atoms with van der Waals surface area (Å²) in [5, 5.41) is 0. The summed E-state index contributed by atoms with van der Waals surface area (Å²) in [4.78, 5) is 28.8. The molecule has 2 aliphatic heterocycles. The van der Waals surface area contributed by atoms with Crippen molar-refractivity contribution in [1.82, 2.24) is 14.9 Å². The van der Waals surface area contributed by atoms with Gasteiger partial charge in [-0.05, 0) is 19.4 Å². The molecule has 150 valence electrons. The van der Waals surface area contributed by atoms with Crippen LogP contribution < -0.4 is 9.80 Å². The van der Waals surface area contributed by atoms with E-state index in [2.05, 4.69) is 4.90 Å². The van der Waals surface area contributed by atoms with Crippen LogP contribution in [-0.2, 0) is 17.6 Å². The summed E-state index contributed by atoms with van der Waals surface area (Å²) < 4.78 is 10.8. The molecule has 2 aromatic heterocycles. The van der Waals surface area contributed by atoms with Crippen LogP contribution in [0.3, 0.4) is 0 Å². The molecule has 28 heavy (non-hydrogen) atoms. The molecule has 1 amide bonds. The van der Waals surface area contributed by atoms with E-state index in [1.54, 1.807) is 12.3 Å². The van der Waals surface area contributed by atoms with Crippen LogP contribution in [-0.4, -0.2) is 74.3 Å². The van der Waals surface area contributed by atoms with Gasteiger partial charge in [0.2, 0.25) is 5.95 Å². The van der Waals surface area contributed by atoms with E-state index >= 15 is 0 Å². The summed E-state index contributed by atoms with van der Waals surface area (Å²) in [7, 11) is 4.02. The number of rotatable bonds is 3. The Bertz CT molecular complexity index is 858. The fraction of sp³-hybridized carbons (Fsp3) is 0.550. The Morgan fingerprint density at radius 3 is 2.54 bits per heavy atom. The quantitative estimate of drug-likeness (QED) is 0.793. The molecular weight excluding hydrogens is 358 g/mol. The summed E-state index contributed by atoms with van der Waals surface area (Å²) in [5.74, 6) is 2.39. The van der Waals surface area contributed by atoms with Crippen LogP contribution in [0.15, 0.2) is 16.7 Å². The molecule has 0 aromatic carbocycles. The van der Waals surface area contributed by atoms with E-state index in [4.69, 9.17) is 19.1 Å². The molecule has 4 heterocycles. The Labute approximate surface area is 165 Å². The fourth-order valence-corrected chi connectivity index (χ4v) is 3.82. The van der Waals surface area contributed by atoms with Crippen LogP contribution >= 0.6 is 0 Å². The van der Waals surface area contributed by atoms with Crippen LogP contribution in [0.25, 0.3) is 0 Å². The van der Waals surface area contributed by atoms with Crippen molar-refractivity contribution in [1.29, 1.82) is 0 Å². The molecule has 1 fully saturated rings. The number of aryl methyl sites for hydroxylation is 1. The zero-order valence-corrected chi connectivity index (χ0v) is 16.8.